The van der Waals surface area contributed by atoms with Crippen molar-refractivity contribution in [3.8, 4) is 6.07 Å². The first kappa shape index (κ1) is 15.3. The third kappa shape index (κ3) is 3.32. The maximum atomic E-state index is 11.5. The zero-order valence-electron chi connectivity index (χ0n) is 11.6. The zero-order valence-corrected chi connectivity index (χ0v) is 13.1. The molecule has 0 atom stereocenters. The van der Waals surface area contributed by atoms with Gasteiger partial charge in [-0.1, -0.05) is 23.7 Å². The molecule has 5 nitrogen and oxygen atoms in total. The Morgan fingerprint density at radius 3 is 2.71 bits per heavy atom. The summed E-state index contributed by atoms with van der Waals surface area (Å²) in [6, 6.07) is 9.37. The van der Waals surface area contributed by atoms with Crippen LogP contribution in [0.3, 0.4) is 0 Å². The number of amides is 1. The van der Waals surface area contributed by atoms with E-state index < -0.39 is 0 Å². The molecule has 0 bridgehead atoms. The lowest BCUT2D eigenvalue weighted by atomic mass is 10.1. The van der Waals surface area contributed by atoms with Crippen molar-refractivity contribution in [2.45, 2.75) is 6.54 Å². The Labute approximate surface area is 131 Å². The number of carbonyl (C=O) groups excluding carboxylic acids is 1. The fraction of sp³-hybridized carbons (Fsp3) is 0.214. The van der Waals surface area contributed by atoms with Gasteiger partial charge >= 0.3 is 0 Å². The van der Waals surface area contributed by atoms with Gasteiger partial charge in [-0.3, -0.25) is 4.79 Å². The molecule has 0 aliphatic heterocycles. The quantitative estimate of drug-likeness (QED) is 0.940. The van der Waals surface area contributed by atoms with E-state index in [1.807, 2.05) is 24.1 Å². The molecule has 0 saturated heterocycles. The van der Waals surface area contributed by atoms with E-state index in [9.17, 15) is 4.79 Å². The van der Waals surface area contributed by atoms with E-state index in [4.69, 9.17) is 16.9 Å². The van der Waals surface area contributed by atoms with Gasteiger partial charge in [0.1, 0.15) is 16.6 Å². The van der Waals surface area contributed by atoms with Gasteiger partial charge in [0.2, 0.25) is 0 Å². The number of nitriles is 1. The molecular weight excluding hydrogens is 308 g/mol. The first-order valence-corrected chi connectivity index (χ1v) is 7.29. The number of carbonyl (C=O) groups is 1. The van der Waals surface area contributed by atoms with Gasteiger partial charge in [0.25, 0.3) is 5.91 Å². The highest BCUT2D eigenvalue weighted by molar-refractivity contribution is 7.10. The molecule has 7 heteroatoms. The average Bonchev–Trinajstić information content (AvgIpc) is 2.88. The normalized spacial score (nSPS) is 10.0. The van der Waals surface area contributed by atoms with Crippen LogP contribution in [-0.2, 0) is 6.54 Å². The number of hydrogen-bond donors (Lipinski definition) is 1. The fourth-order valence-corrected chi connectivity index (χ4v) is 2.86. The Balaban J connectivity index is 2.14. The van der Waals surface area contributed by atoms with Crippen molar-refractivity contribution in [2.24, 2.45) is 0 Å². The minimum absolute atomic E-state index is 0.115. The predicted molar refractivity (Wildman–Crippen MR) is 83.8 cm³/mol. The van der Waals surface area contributed by atoms with Crippen molar-refractivity contribution in [3.05, 3.63) is 46.1 Å². The number of nitrogens with one attached hydrogen (secondary N) is 1. The van der Waals surface area contributed by atoms with Crippen LogP contribution in [0.2, 0.25) is 5.15 Å². The number of nitrogens with zero attached hydrogens (tertiary/aromatic N) is 3. The number of aromatic nitrogens is 1. The minimum Gasteiger partial charge on any atom is -0.360 e. The SMILES string of the molecule is CNC(=O)c1ccc(CN(C)c2snc(Cl)c2C#N)cc1. The van der Waals surface area contributed by atoms with E-state index in [1.165, 1.54) is 11.5 Å². The maximum Gasteiger partial charge on any atom is 0.251 e. The van der Waals surface area contributed by atoms with Crippen LogP contribution in [0.25, 0.3) is 0 Å². The second-order valence-electron chi connectivity index (χ2n) is 4.40. The summed E-state index contributed by atoms with van der Waals surface area (Å²) < 4.78 is 3.99. The minimum atomic E-state index is -0.115. The first-order chi connectivity index (χ1) is 10.1. The summed E-state index contributed by atoms with van der Waals surface area (Å²) in [6.07, 6.45) is 0. The number of rotatable bonds is 4. The molecule has 2 aromatic rings. The average molecular weight is 321 g/mol. The summed E-state index contributed by atoms with van der Waals surface area (Å²) in [7, 11) is 3.47. The third-order valence-electron chi connectivity index (χ3n) is 2.95. The Morgan fingerprint density at radius 1 is 1.48 bits per heavy atom. The molecule has 1 amide bonds. The van der Waals surface area contributed by atoms with Gasteiger partial charge in [-0.05, 0) is 29.2 Å². The predicted octanol–water partition coefficient (Wildman–Crippen LogP) is 2.66. The number of halogens is 1. The molecule has 0 unspecified atom stereocenters. The van der Waals surface area contributed by atoms with E-state index in [1.54, 1.807) is 19.2 Å². The van der Waals surface area contributed by atoms with Crippen LogP contribution in [0.4, 0.5) is 5.00 Å². The Kier molecular flexibility index (Phi) is 4.78. The van der Waals surface area contributed by atoms with E-state index >= 15 is 0 Å². The van der Waals surface area contributed by atoms with E-state index in [2.05, 4.69) is 15.8 Å². The second kappa shape index (κ2) is 6.57. The first-order valence-electron chi connectivity index (χ1n) is 6.14. The monoisotopic (exact) mass is 320 g/mol. The molecule has 1 heterocycles. The fourth-order valence-electron chi connectivity index (χ4n) is 1.87. The molecule has 0 spiro atoms. The molecular formula is C14H13ClN4OS. The van der Waals surface area contributed by atoms with Crippen LogP contribution in [0.15, 0.2) is 24.3 Å². The van der Waals surface area contributed by atoms with Crippen molar-refractivity contribution in [1.29, 1.82) is 5.26 Å². The van der Waals surface area contributed by atoms with Gasteiger partial charge < -0.3 is 10.2 Å². The molecule has 1 aromatic carbocycles. The molecule has 0 aliphatic carbocycles. The van der Waals surface area contributed by atoms with E-state index in [-0.39, 0.29) is 11.1 Å². The second-order valence-corrected chi connectivity index (χ2v) is 5.51. The summed E-state index contributed by atoms with van der Waals surface area (Å²) in [6.45, 7) is 0.598. The smallest absolute Gasteiger partial charge is 0.251 e. The molecule has 1 N–H and O–H groups in total. The molecule has 0 aliphatic rings. The van der Waals surface area contributed by atoms with Crippen LogP contribution in [0.5, 0.6) is 0 Å². The summed E-state index contributed by atoms with van der Waals surface area (Å²) >= 11 is 7.07. The zero-order chi connectivity index (χ0) is 15.4. The molecule has 108 valence electrons. The van der Waals surface area contributed by atoms with Crippen LogP contribution in [-0.4, -0.2) is 24.4 Å². The maximum absolute atomic E-state index is 11.5. The van der Waals surface area contributed by atoms with Crippen molar-refractivity contribution < 1.29 is 4.79 Å². The molecule has 0 radical (unpaired) electrons. The molecule has 1 aromatic heterocycles. The van der Waals surface area contributed by atoms with Crippen LogP contribution >= 0.6 is 23.1 Å². The molecule has 2 rings (SSSR count). The highest BCUT2D eigenvalue weighted by atomic mass is 35.5. The highest BCUT2D eigenvalue weighted by Crippen LogP contribution is 2.31. The number of anilines is 1. The summed E-state index contributed by atoms with van der Waals surface area (Å²) in [5.41, 5.74) is 2.03. The number of benzene rings is 1. The highest BCUT2D eigenvalue weighted by Gasteiger charge is 2.15. The topological polar surface area (TPSA) is 69.0 Å². The van der Waals surface area contributed by atoms with Crippen LogP contribution in [0.1, 0.15) is 21.5 Å². The van der Waals surface area contributed by atoms with Crippen molar-refractivity contribution >= 4 is 34.0 Å². The molecule has 0 saturated carbocycles. The largest absolute Gasteiger partial charge is 0.360 e. The van der Waals surface area contributed by atoms with Gasteiger partial charge in [-0.2, -0.15) is 9.64 Å². The van der Waals surface area contributed by atoms with Gasteiger partial charge in [0, 0.05) is 26.2 Å². The lowest BCUT2D eigenvalue weighted by Gasteiger charge is -2.17. The van der Waals surface area contributed by atoms with E-state index in [0.717, 1.165) is 10.6 Å². The Morgan fingerprint density at radius 2 is 2.14 bits per heavy atom. The van der Waals surface area contributed by atoms with Gasteiger partial charge in [-0.15, -0.1) is 0 Å². The molecule has 0 fully saturated rings. The van der Waals surface area contributed by atoms with Crippen molar-refractivity contribution in [2.75, 3.05) is 19.0 Å². The lowest BCUT2D eigenvalue weighted by Crippen LogP contribution is -2.18. The van der Waals surface area contributed by atoms with Crippen molar-refractivity contribution in [3.63, 3.8) is 0 Å². The van der Waals surface area contributed by atoms with E-state index in [0.29, 0.717) is 17.7 Å². The van der Waals surface area contributed by atoms with Crippen LogP contribution in [0, 0.1) is 11.3 Å². The number of hydrogen-bond acceptors (Lipinski definition) is 5. The van der Waals surface area contributed by atoms with Gasteiger partial charge in [-0.25, -0.2) is 0 Å². The standard InChI is InChI=1S/C14H13ClN4OS/c1-17-13(20)10-5-3-9(4-6-10)8-19(2)14-11(7-16)12(15)18-21-14/h3-6H,8H2,1-2H3,(H,17,20). The third-order valence-corrected chi connectivity index (χ3v) is 4.29. The van der Waals surface area contributed by atoms with Gasteiger partial charge in [0.15, 0.2) is 5.15 Å². The van der Waals surface area contributed by atoms with Gasteiger partial charge in [0.05, 0.1) is 0 Å². The Bertz CT molecular complexity index is 690. The van der Waals surface area contributed by atoms with Crippen LogP contribution < -0.4 is 10.2 Å². The summed E-state index contributed by atoms with van der Waals surface area (Å²) in [5, 5.41) is 12.6. The lowest BCUT2D eigenvalue weighted by molar-refractivity contribution is 0.0963. The summed E-state index contributed by atoms with van der Waals surface area (Å²) in [5.74, 6) is -0.115. The summed E-state index contributed by atoms with van der Waals surface area (Å²) in [4.78, 5) is 13.4. The molecule has 21 heavy (non-hydrogen) atoms. The van der Waals surface area contributed by atoms with Crippen molar-refractivity contribution in [1.82, 2.24) is 9.69 Å². The Hall–Kier alpha value is -2.10.